The number of nitrogens with one attached hydrogen (secondary N) is 1. The molecule has 1 aromatic heterocycles. The zero-order valence-corrected chi connectivity index (χ0v) is 20.4. The van der Waals surface area contributed by atoms with Crippen molar-refractivity contribution in [2.75, 3.05) is 11.9 Å². The number of nitrogens with zero attached hydrogens (tertiary/aromatic N) is 1. The number of ether oxygens (including phenoxy) is 1. The SMILES string of the molecule is CC(=O)N1CCc2ccc(OCc3ccc(C(=O)Nc4ccc(C)cc4)o3)cc2C1c1ccccc1. The van der Waals surface area contributed by atoms with E-state index in [1.807, 2.05) is 66.4 Å². The van der Waals surface area contributed by atoms with E-state index in [-0.39, 0.29) is 30.2 Å². The van der Waals surface area contributed by atoms with Gasteiger partial charge in [-0.1, -0.05) is 54.1 Å². The Balaban J connectivity index is 1.30. The molecule has 6 heteroatoms. The lowest BCUT2D eigenvalue weighted by molar-refractivity contribution is -0.130. The molecule has 1 unspecified atom stereocenters. The number of carbonyl (C=O) groups excluding carboxylic acids is 2. The summed E-state index contributed by atoms with van der Waals surface area (Å²) >= 11 is 0. The fraction of sp³-hybridized carbons (Fsp3) is 0.200. The standard InChI is InChI=1S/C30H28N2O4/c1-20-8-11-24(12-9-20)31-30(34)28-15-14-26(36-28)19-35-25-13-10-22-16-17-32(21(2)33)29(27(22)18-25)23-6-4-3-5-7-23/h3-15,18,29H,16-17,19H2,1-2H3,(H,31,34). The van der Waals surface area contributed by atoms with Gasteiger partial charge in [0, 0.05) is 19.2 Å². The highest BCUT2D eigenvalue weighted by atomic mass is 16.5. The predicted molar refractivity (Wildman–Crippen MR) is 138 cm³/mol. The number of rotatable bonds is 6. The highest BCUT2D eigenvalue weighted by Gasteiger charge is 2.30. The van der Waals surface area contributed by atoms with Crippen molar-refractivity contribution in [2.45, 2.75) is 32.9 Å². The quantitative estimate of drug-likeness (QED) is 0.372. The minimum atomic E-state index is -0.311. The van der Waals surface area contributed by atoms with Gasteiger partial charge in [0.15, 0.2) is 5.76 Å². The van der Waals surface area contributed by atoms with Crippen LogP contribution in [0.15, 0.2) is 89.3 Å². The number of anilines is 1. The van der Waals surface area contributed by atoms with Gasteiger partial charge in [0.05, 0.1) is 6.04 Å². The smallest absolute Gasteiger partial charge is 0.291 e. The summed E-state index contributed by atoms with van der Waals surface area (Å²) in [7, 11) is 0. The number of fused-ring (bicyclic) bond motifs is 1. The Hall–Kier alpha value is -4.32. The zero-order valence-electron chi connectivity index (χ0n) is 20.4. The molecule has 0 saturated carbocycles. The number of hydrogen-bond acceptors (Lipinski definition) is 4. The molecular weight excluding hydrogens is 452 g/mol. The van der Waals surface area contributed by atoms with Crippen molar-refractivity contribution in [3.8, 4) is 5.75 Å². The second kappa shape index (κ2) is 10.1. The third-order valence-corrected chi connectivity index (χ3v) is 6.44. The maximum absolute atomic E-state index is 12.5. The zero-order chi connectivity index (χ0) is 25.1. The van der Waals surface area contributed by atoms with Gasteiger partial charge in [0.25, 0.3) is 5.91 Å². The van der Waals surface area contributed by atoms with E-state index in [1.165, 1.54) is 5.56 Å². The molecule has 4 aromatic rings. The highest BCUT2D eigenvalue weighted by molar-refractivity contribution is 6.02. The summed E-state index contributed by atoms with van der Waals surface area (Å²) in [6, 6.07) is 26.9. The van der Waals surface area contributed by atoms with Crippen LogP contribution in [0.4, 0.5) is 5.69 Å². The average Bonchev–Trinajstić information content (AvgIpc) is 3.38. The number of hydrogen-bond donors (Lipinski definition) is 1. The lowest BCUT2D eigenvalue weighted by Gasteiger charge is -2.37. The molecule has 6 nitrogen and oxygen atoms in total. The van der Waals surface area contributed by atoms with E-state index in [4.69, 9.17) is 9.15 Å². The van der Waals surface area contributed by atoms with Crippen LogP contribution < -0.4 is 10.1 Å². The Morgan fingerprint density at radius 3 is 2.53 bits per heavy atom. The molecule has 0 radical (unpaired) electrons. The third kappa shape index (κ3) is 5.03. The molecule has 0 saturated heterocycles. The van der Waals surface area contributed by atoms with Crippen molar-refractivity contribution in [2.24, 2.45) is 0 Å². The molecule has 0 bridgehead atoms. The molecule has 2 amide bonds. The molecule has 1 aliphatic rings. The number of carbonyl (C=O) groups is 2. The van der Waals surface area contributed by atoms with Gasteiger partial charge in [-0.15, -0.1) is 0 Å². The topological polar surface area (TPSA) is 71.8 Å². The molecule has 5 rings (SSSR count). The van der Waals surface area contributed by atoms with Gasteiger partial charge in [-0.3, -0.25) is 9.59 Å². The van der Waals surface area contributed by atoms with Crippen molar-refractivity contribution in [1.29, 1.82) is 0 Å². The summed E-state index contributed by atoms with van der Waals surface area (Å²) in [6.45, 7) is 4.48. The van der Waals surface area contributed by atoms with Crippen LogP contribution in [0.2, 0.25) is 0 Å². The molecule has 1 aliphatic heterocycles. The predicted octanol–water partition coefficient (Wildman–Crippen LogP) is 5.91. The summed E-state index contributed by atoms with van der Waals surface area (Å²) < 4.78 is 11.8. The van der Waals surface area contributed by atoms with Gasteiger partial charge in [0.1, 0.15) is 18.1 Å². The summed E-state index contributed by atoms with van der Waals surface area (Å²) in [6.07, 6.45) is 0.802. The summed E-state index contributed by atoms with van der Waals surface area (Å²) in [5.41, 5.74) is 5.18. The van der Waals surface area contributed by atoms with Crippen LogP contribution in [-0.4, -0.2) is 23.3 Å². The molecule has 1 N–H and O–H groups in total. The molecule has 1 atom stereocenters. The van der Waals surface area contributed by atoms with Crippen molar-refractivity contribution in [1.82, 2.24) is 4.90 Å². The van der Waals surface area contributed by atoms with Crippen LogP contribution in [0.5, 0.6) is 5.75 Å². The first-order valence-electron chi connectivity index (χ1n) is 12.0. The van der Waals surface area contributed by atoms with E-state index in [0.29, 0.717) is 23.7 Å². The van der Waals surface area contributed by atoms with E-state index in [9.17, 15) is 9.59 Å². The number of furan rings is 1. The molecule has 0 fully saturated rings. The van der Waals surface area contributed by atoms with Crippen LogP contribution >= 0.6 is 0 Å². The van der Waals surface area contributed by atoms with E-state index < -0.39 is 0 Å². The van der Waals surface area contributed by atoms with Crippen molar-refractivity contribution >= 4 is 17.5 Å². The Labute approximate surface area is 210 Å². The second-order valence-corrected chi connectivity index (χ2v) is 9.01. The fourth-order valence-electron chi connectivity index (χ4n) is 4.58. The Morgan fingerprint density at radius 1 is 1.00 bits per heavy atom. The molecule has 0 aliphatic carbocycles. The van der Waals surface area contributed by atoms with Crippen molar-refractivity contribution < 1.29 is 18.7 Å². The molecule has 2 heterocycles. The first-order chi connectivity index (χ1) is 17.5. The van der Waals surface area contributed by atoms with E-state index in [1.54, 1.807) is 19.1 Å². The lowest BCUT2D eigenvalue weighted by Crippen LogP contribution is -2.39. The largest absolute Gasteiger partial charge is 0.486 e. The Bertz CT molecular complexity index is 1380. The maximum atomic E-state index is 12.5. The first kappa shape index (κ1) is 23.4. The van der Waals surface area contributed by atoms with Crippen LogP contribution in [0.1, 0.15) is 51.5 Å². The van der Waals surface area contributed by atoms with Crippen LogP contribution in [0.25, 0.3) is 0 Å². The molecule has 0 spiro atoms. The number of amides is 2. The molecular formula is C30H28N2O4. The van der Waals surface area contributed by atoms with Gasteiger partial charge in [-0.05, 0) is 66.4 Å². The van der Waals surface area contributed by atoms with Crippen molar-refractivity contribution in [3.63, 3.8) is 0 Å². The van der Waals surface area contributed by atoms with Gasteiger partial charge in [-0.25, -0.2) is 0 Å². The molecule has 36 heavy (non-hydrogen) atoms. The van der Waals surface area contributed by atoms with Crippen LogP contribution in [-0.2, 0) is 17.8 Å². The summed E-state index contributed by atoms with van der Waals surface area (Å²) in [5.74, 6) is 1.19. The van der Waals surface area contributed by atoms with Crippen LogP contribution in [0.3, 0.4) is 0 Å². The summed E-state index contributed by atoms with van der Waals surface area (Å²) in [5, 5.41) is 2.83. The van der Waals surface area contributed by atoms with Crippen LogP contribution in [0, 0.1) is 6.92 Å². The maximum Gasteiger partial charge on any atom is 0.291 e. The van der Waals surface area contributed by atoms with Gasteiger partial charge < -0.3 is 19.4 Å². The molecule has 182 valence electrons. The monoisotopic (exact) mass is 480 g/mol. The minimum Gasteiger partial charge on any atom is -0.486 e. The minimum absolute atomic E-state index is 0.0489. The molecule has 3 aromatic carbocycles. The van der Waals surface area contributed by atoms with Crippen molar-refractivity contribution in [3.05, 3.63) is 119 Å². The van der Waals surface area contributed by atoms with E-state index >= 15 is 0 Å². The second-order valence-electron chi connectivity index (χ2n) is 9.01. The number of aryl methyl sites for hydroxylation is 1. The fourth-order valence-corrected chi connectivity index (χ4v) is 4.58. The summed E-state index contributed by atoms with van der Waals surface area (Å²) in [4.78, 5) is 26.9. The van der Waals surface area contributed by atoms with Gasteiger partial charge in [0.2, 0.25) is 5.91 Å². The lowest BCUT2D eigenvalue weighted by atomic mass is 9.88. The normalized spacial score (nSPS) is 14.7. The Morgan fingerprint density at radius 2 is 1.78 bits per heavy atom. The highest BCUT2D eigenvalue weighted by Crippen LogP contribution is 2.37. The third-order valence-electron chi connectivity index (χ3n) is 6.44. The first-order valence-corrected chi connectivity index (χ1v) is 12.0. The average molecular weight is 481 g/mol. The number of benzene rings is 3. The Kier molecular flexibility index (Phi) is 6.58. The van der Waals surface area contributed by atoms with Gasteiger partial charge >= 0.3 is 0 Å². The van der Waals surface area contributed by atoms with Gasteiger partial charge in [-0.2, -0.15) is 0 Å². The van der Waals surface area contributed by atoms with E-state index in [2.05, 4.69) is 23.5 Å². The van der Waals surface area contributed by atoms with E-state index in [0.717, 1.165) is 23.1 Å².